The summed E-state index contributed by atoms with van der Waals surface area (Å²) in [6, 6.07) is 6.45. The number of benzene rings is 1. The Morgan fingerprint density at radius 2 is 1.42 bits per heavy atom. The lowest BCUT2D eigenvalue weighted by Crippen LogP contribution is -2.60. The summed E-state index contributed by atoms with van der Waals surface area (Å²) in [6.07, 6.45) is -13.7. The third-order valence-electron chi connectivity index (χ3n) is 8.28. The number of carbonyl (C=O) groups excluding carboxylic acids is 2. The van der Waals surface area contributed by atoms with Crippen LogP contribution >= 0.6 is 0 Å². The van der Waals surface area contributed by atoms with Gasteiger partial charge in [0, 0.05) is 17.9 Å². The molecule has 12 unspecified atom stereocenters. The Balaban J connectivity index is 1.34. The first-order valence-electron chi connectivity index (χ1n) is 15.2. The Labute approximate surface area is 275 Å². The lowest BCUT2D eigenvalue weighted by Gasteiger charge is -2.41. The zero-order chi connectivity index (χ0) is 35.1. The fourth-order valence-corrected chi connectivity index (χ4v) is 5.47. The van der Waals surface area contributed by atoms with Crippen molar-refractivity contribution >= 4 is 11.9 Å². The summed E-state index contributed by atoms with van der Waals surface area (Å²) in [5, 5.41) is 79.4. The van der Waals surface area contributed by atoms with Crippen LogP contribution in [0.2, 0.25) is 0 Å². The van der Waals surface area contributed by atoms with Crippen molar-refractivity contribution in [1.82, 2.24) is 0 Å². The van der Waals surface area contributed by atoms with E-state index in [0.717, 1.165) is 18.9 Å². The number of aliphatic hydroxyl groups is 8. The molecule has 3 aliphatic heterocycles. The standard InChI is InChI=1S/C31H42O17/c1-3-16-17(18(28(41)42-2)13-44-29(16)48-31-27(40)25(38)23(36)20(12-33)47-31)10-21(34)43-9-8-14-4-6-15(7-5-14)45-30-26(39)24(37)22(35)19(11-32)46-30/h3-7,13,17,19-20,22-27,29-33,35-40H,8-12H2,1-2H3. The van der Waals surface area contributed by atoms with E-state index >= 15 is 0 Å². The maximum Gasteiger partial charge on any atom is 0.337 e. The van der Waals surface area contributed by atoms with E-state index in [9.17, 15) is 50.4 Å². The van der Waals surface area contributed by atoms with Crippen molar-refractivity contribution in [3.63, 3.8) is 0 Å². The highest BCUT2D eigenvalue weighted by Gasteiger charge is 2.47. The first kappa shape index (κ1) is 37.6. The van der Waals surface area contributed by atoms with Crippen molar-refractivity contribution in [2.24, 2.45) is 5.92 Å². The van der Waals surface area contributed by atoms with E-state index in [1.165, 1.54) is 6.08 Å². The van der Waals surface area contributed by atoms with Crippen molar-refractivity contribution in [1.29, 1.82) is 0 Å². The van der Waals surface area contributed by atoms with Gasteiger partial charge in [0.1, 0.15) is 54.6 Å². The Kier molecular flexibility index (Phi) is 13.3. The second kappa shape index (κ2) is 17.0. The van der Waals surface area contributed by atoms with Gasteiger partial charge in [0.15, 0.2) is 6.29 Å². The minimum absolute atomic E-state index is 0.00815. The summed E-state index contributed by atoms with van der Waals surface area (Å²) in [5.74, 6) is -2.12. The Hall–Kier alpha value is -3.20. The van der Waals surface area contributed by atoms with Crippen LogP contribution in [-0.4, -0.2) is 147 Å². The molecule has 0 radical (unpaired) electrons. The van der Waals surface area contributed by atoms with E-state index < -0.39 is 98.8 Å². The number of carbonyl (C=O) groups is 2. The molecule has 3 aliphatic rings. The summed E-state index contributed by atoms with van der Waals surface area (Å²) >= 11 is 0. The van der Waals surface area contributed by atoms with Gasteiger partial charge in [-0.05, 0) is 24.6 Å². The molecule has 0 saturated carbocycles. The van der Waals surface area contributed by atoms with Crippen molar-refractivity contribution in [3.8, 4) is 5.75 Å². The van der Waals surface area contributed by atoms with Crippen molar-refractivity contribution in [3.05, 3.63) is 53.3 Å². The van der Waals surface area contributed by atoms with Crippen LogP contribution in [-0.2, 0) is 44.4 Å². The van der Waals surface area contributed by atoms with E-state index in [4.69, 9.17) is 33.2 Å². The van der Waals surface area contributed by atoms with Crippen molar-refractivity contribution in [2.75, 3.05) is 26.9 Å². The molecule has 2 saturated heterocycles. The first-order valence-corrected chi connectivity index (χ1v) is 15.2. The van der Waals surface area contributed by atoms with Crippen LogP contribution < -0.4 is 4.74 Å². The number of rotatable bonds is 12. The molecule has 12 atom stereocenters. The molecule has 17 nitrogen and oxygen atoms in total. The molecule has 1 aromatic carbocycles. The molecule has 3 heterocycles. The van der Waals surface area contributed by atoms with Gasteiger partial charge in [0.2, 0.25) is 12.6 Å². The monoisotopic (exact) mass is 686 g/mol. The lowest BCUT2D eigenvalue weighted by atomic mass is 9.86. The number of hydrogen-bond acceptors (Lipinski definition) is 17. The minimum Gasteiger partial charge on any atom is -0.468 e. The van der Waals surface area contributed by atoms with Gasteiger partial charge in [0.25, 0.3) is 0 Å². The summed E-state index contributed by atoms with van der Waals surface area (Å²) in [4.78, 5) is 25.5. The Morgan fingerprint density at radius 1 is 0.833 bits per heavy atom. The van der Waals surface area contributed by atoms with E-state index in [-0.39, 0.29) is 29.9 Å². The molecule has 8 N–H and O–H groups in total. The molecule has 2 fully saturated rings. The molecule has 4 rings (SSSR count). The average molecular weight is 687 g/mol. The number of aliphatic hydroxyl groups excluding tert-OH is 8. The van der Waals surface area contributed by atoms with E-state index in [1.807, 2.05) is 0 Å². The van der Waals surface area contributed by atoms with Crippen molar-refractivity contribution < 1.29 is 83.6 Å². The largest absolute Gasteiger partial charge is 0.468 e. The second-order valence-electron chi connectivity index (χ2n) is 11.3. The smallest absolute Gasteiger partial charge is 0.337 e. The van der Waals surface area contributed by atoms with Gasteiger partial charge in [0.05, 0.1) is 45.2 Å². The number of esters is 2. The van der Waals surface area contributed by atoms with Crippen LogP contribution in [0.15, 0.2) is 47.7 Å². The number of hydrogen-bond donors (Lipinski definition) is 8. The highest BCUT2D eigenvalue weighted by atomic mass is 16.8. The zero-order valence-electron chi connectivity index (χ0n) is 26.2. The summed E-state index contributed by atoms with van der Waals surface area (Å²) in [7, 11) is 1.16. The highest BCUT2D eigenvalue weighted by Crippen LogP contribution is 2.36. The second-order valence-corrected chi connectivity index (χ2v) is 11.3. The number of methoxy groups -OCH3 is 1. The summed E-state index contributed by atoms with van der Waals surface area (Å²) in [6.45, 7) is 0.297. The lowest BCUT2D eigenvalue weighted by molar-refractivity contribution is -0.327. The van der Waals surface area contributed by atoms with Gasteiger partial charge in [-0.25, -0.2) is 4.79 Å². The predicted octanol–water partition coefficient (Wildman–Crippen LogP) is -2.87. The van der Waals surface area contributed by atoms with Crippen molar-refractivity contribution in [2.45, 2.75) is 87.5 Å². The van der Waals surface area contributed by atoms with E-state index in [2.05, 4.69) is 0 Å². The fourth-order valence-electron chi connectivity index (χ4n) is 5.47. The third kappa shape index (κ3) is 8.50. The molecular weight excluding hydrogens is 644 g/mol. The molecule has 0 spiro atoms. The third-order valence-corrected chi connectivity index (χ3v) is 8.28. The molecule has 268 valence electrons. The quantitative estimate of drug-likeness (QED) is 0.0812. The topological polar surface area (TPSA) is 261 Å². The van der Waals surface area contributed by atoms with Crippen LogP contribution in [0, 0.1) is 5.92 Å². The first-order chi connectivity index (χ1) is 22.9. The van der Waals surface area contributed by atoms with Gasteiger partial charge < -0.3 is 74.0 Å². The van der Waals surface area contributed by atoms with Gasteiger partial charge in [-0.3, -0.25) is 4.79 Å². The molecule has 0 amide bonds. The SMILES string of the molecule is CC=C1C(OC2OC(CO)C(O)C(O)C2O)OC=C(C(=O)OC)C1CC(=O)OCCc1ccc(OC2OC(CO)C(O)C(O)C2O)cc1. The summed E-state index contributed by atoms with van der Waals surface area (Å²) < 4.78 is 37.9. The van der Waals surface area contributed by atoms with Gasteiger partial charge in [-0.2, -0.15) is 0 Å². The Morgan fingerprint density at radius 3 is 1.98 bits per heavy atom. The molecule has 1 aromatic rings. The summed E-state index contributed by atoms with van der Waals surface area (Å²) in [5.41, 5.74) is 1.01. The van der Waals surface area contributed by atoms with E-state index in [0.29, 0.717) is 6.42 Å². The van der Waals surface area contributed by atoms with E-state index in [1.54, 1.807) is 31.2 Å². The fraction of sp³-hybridized carbons (Fsp3) is 0.613. The maximum absolute atomic E-state index is 13.0. The average Bonchev–Trinajstić information content (AvgIpc) is 3.09. The Bertz CT molecular complexity index is 1280. The minimum atomic E-state index is -1.72. The van der Waals surface area contributed by atoms with Gasteiger partial charge >= 0.3 is 11.9 Å². The molecule has 17 heteroatoms. The van der Waals surface area contributed by atoms with Crippen LogP contribution in [0.3, 0.4) is 0 Å². The molecule has 48 heavy (non-hydrogen) atoms. The van der Waals surface area contributed by atoms with Crippen LogP contribution in [0.4, 0.5) is 0 Å². The van der Waals surface area contributed by atoms with Crippen LogP contribution in [0.1, 0.15) is 18.9 Å². The van der Waals surface area contributed by atoms with Crippen LogP contribution in [0.25, 0.3) is 0 Å². The highest BCUT2D eigenvalue weighted by molar-refractivity contribution is 5.90. The molecule has 0 aromatic heterocycles. The normalized spacial score (nSPS) is 36.1. The van der Waals surface area contributed by atoms with Crippen LogP contribution in [0.5, 0.6) is 5.75 Å². The predicted molar refractivity (Wildman–Crippen MR) is 157 cm³/mol. The maximum atomic E-state index is 13.0. The van der Waals surface area contributed by atoms with Gasteiger partial charge in [-0.15, -0.1) is 0 Å². The van der Waals surface area contributed by atoms with Gasteiger partial charge in [-0.1, -0.05) is 18.2 Å². The molecule has 0 aliphatic carbocycles. The zero-order valence-corrected chi connectivity index (χ0v) is 26.2. The molecular formula is C31H42O17. The molecule has 0 bridgehead atoms. The number of ether oxygens (including phenoxy) is 7. The number of allylic oxidation sites excluding steroid dienone is 1.